The van der Waals surface area contributed by atoms with Crippen molar-refractivity contribution in [1.82, 2.24) is 0 Å². The highest BCUT2D eigenvalue weighted by molar-refractivity contribution is 5.86. The van der Waals surface area contributed by atoms with Crippen molar-refractivity contribution in [3.63, 3.8) is 0 Å². The van der Waals surface area contributed by atoms with Crippen LogP contribution >= 0.6 is 0 Å². The summed E-state index contributed by atoms with van der Waals surface area (Å²) in [5.74, 6) is 0.515. The second kappa shape index (κ2) is 6.65. The first-order valence-electron chi connectivity index (χ1n) is 8.47. The predicted molar refractivity (Wildman–Crippen MR) is 96.0 cm³/mol. The summed E-state index contributed by atoms with van der Waals surface area (Å²) in [5, 5.41) is 10.8. The summed E-state index contributed by atoms with van der Waals surface area (Å²) < 4.78 is 17.0. The van der Waals surface area contributed by atoms with E-state index in [1.807, 2.05) is 45.9 Å². The van der Waals surface area contributed by atoms with Crippen LogP contribution in [0, 0.1) is 6.92 Å². The quantitative estimate of drug-likeness (QED) is 0.680. The van der Waals surface area contributed by atoms with Crippen LogP contribution in [0.25, 0.3) is 11.0 Å². The molecule has 1 aromatic carbocycles. The van der Waals surface area contributed by atoms with E-state index in [-0.39, 0.29) is 6.10 Å². The number of ether oxygens (including phenoxy) is 2. The van der Waals surface area contributed by atoms with E-state index in [0.29, 0.717) is 24.4 Å². The molecule has 2 heterocycles. The third kappa shape index (κ3) is 3.62. The molecule has 2 atom stereocenters. The molecule has 0 saturated carbocycles. The number of aryl methyl sites for hydroxylation is 1. The van der Waals surface area contributed by atoms with Crippen LogP contribution in [0.15, 0.2) is 45.1 Å². The second-order valence-corrected chi connectivity index (χ2v) is 7.10. The lowest BCUT2D eigenvalue weighted by molar-refractivity contribution is -0.0472. The zero-order valence-corrected chi connectivity index (χ0v) is 15.0. The van der Waals surface area contributed by atoms with Crippen LogP contribution in [0.1, 0.15) is 32.8 Å². The van der Waals surface area contributed by atoms with Gasteiger partial charge in [0.2, 0.25) is 0 Å². The maximum absolute atomic E-state index is 11.7. The maximum Gasteiger partial charge on any atom is 0.339 e. The summed E-state index contributed by atoms with van der Waals surface area (Å²) in [6.45, 7) is 8.01. The average molecular weight is 344 g/mol. The van der Waals surface area contributed by atoms with Gasteiger partial charge in [-0.3, -0.25) is 0 Å². The fourth-order valence-electron chi connectivity index (χ4n) is 3.13. The molecule has 134 valence electrons. The second-order valence-electron chi connectivity index (χ2n) is 7.10. The molecule has 0 spiro atoms. The fourth-order valence-corrected chi connectivity index (χ4v) is 3.13. The van der Waals surface area contributed by atoms with Gasteiger partial charge in [0, 0.05) is 6.42 Å². The van der Waals surface area contributed by atoms with Gasteiger partial charge in [-0.1, -0.05) is 12.1 Å². The van der Waals surface area contributed by atoms with Crippen LogP contribution < -0.4 is 10.4 Å². The third-order valence-corrected chi connectivity index (χ3v) is 4.78. The Morgan fingerprint density at radius 1 is 1.44 bits per heavy atom. The molecule has 0 aliphatic carbocycles. The van der Waals surface area contributed by atoms with Gasteiger partial charge in [-0.2, -0.15) is 0 Å². The SMILES string of the molecule is C/C(=C\COc1cc(=O)oc2cccc(C)c12)[C@H]1C[C@@H](O)C(C)(C)O1. The molecule has 2 aromatic rings. The Hall–Kier alpha value is -2.11. The Labute approximate surface area is 146 Å². The molecule has 0 unspecified atom stereocenters. The molecular formula is C20H24O5. The van der Waals surface area contributed by atoms with Crippen molar-refractivity contribution in [2.24, 2.45) is 0 Å². The summed E-state index contributed by atoms with van der Waals surface area (Å²) in [5.41, 5.74) is 1.55. The molecule has 5 nitrogen and oxygen atoms in total. The first kappa shape index (κ1) is 17.7. The van der Waals surface area contributed by atoms with E-state index in [1.54, 1.807) is 6.07 Å². The summed E-state index contributed by atoms with van der Waals surface area (Å²) in [7, 11) is 0. The van der Waals surface area contributed by atoms with Gasteiger partial charge in [0.05, 0.1) is 29.3 Å². The average Bonchev–Trinajstić information content (AvgIpc) is 2.80. The third-order valence-electron chi connectivity index (χ3n) is 4.78. The molecule has 0 bridgehead atoms. The first-order chi connectivity index (χ1) is 11.8. The topological polar surface area (TPSA) is 68.9 Å². The number of hydrogen-bond donors (Lipinski definition) is 1. The van der Waals surface area contributed by atoms with Crippen LogP contribution in [0.3, 0.4) is 0 Å². The largest absolute Gasteiger partial charge is 0.488 e. The minimum absolute atomic E-state index is 0.118. The van der Waals surface area contributed by atoms with E-state index >= 15 is 0 Å². The smallest absolute Gasteiger partial charge is 0.339 e. The zero-order chi connectivity index (χ0) is 18.2. The van der Waals surface area contributed by atoms with Gasteiger partial charge in [-0.25, -0.2) is 4.79 Å². The Morgan fingerprint density at radius 3 is 2.88 bits per heavy atom. The van der Waals surface area contributed by atoms with Crippen molar-refractivity contribution in [2.45, 2.75) is 51.9 Å². The van der Waals surface area contributed by atoms with E-state index < -0.39 is 17.3 Å². The Bertz CT molecular complexity index is 862. The highest BCUT2D eigenvalue weighted by atomic mass is 16.5. The van der Waals surface area contributed by atoms with E-state index in [2.05, 4.69) is 0 Å². The van der Waals surface area contributed by atoms with Crippen molar-refractivity contribution in [1.29, 1.82) is 0 Å². The first-order valence-corrected chi connectivity index (χ1v) is 8.47. The molecule has 25 heavy (non-hydrogen) atoms. The highest BCUT2D eigenvalue weighted by Crippen LogP contribution is 2.33. The Morgan fingerprint density at radius 2 is 2.20 bits per heavy atom. The highest BCUT2D eigenvalue weighted by Gasteiger charge is 2.40. The van der Waals surface area contributed by atoms with Crippen LogP contribution in [0.5, 0.6) is 5.75 Å². The van der Waals surface area contributed by atoms with Crippen LogP contribution in [-0.2, 0) is 4.74 Å². The molecule has 1 aliphatic heterocycles. The van der Waals surface area contributed by atoms with Gasteiger partial charge in [-0.05, 0) is 51.0 Å². The zero-order valence-electron chi connectivity index (χ0n) is 15.0. The molecule has 3 rings (SSSR count). The molecule has 1 N–H and O–H groups in total. The summed E-state index contributed by atoms with van der Waals surface area (Å²) in [4.78, 5) is 11.7. The molecule has 0 amide bonds. The van der Waals surface area contributed by atoms with Crippen LogP contribution in [0.4, 0.5) is 0 Å². The predicted octanol–water partition coefficient (Wildman–Crippen LogP) is 3.35. The van der Waals surface area contributed by atoms with Gasteiger partial charge >= 0.3 is 5.63 Å². The number of aliphatic hydroxyl groups excluding tert-OH is 1. The summed E-state index contributed by atoms with van der Waals surface area (Å²) >= 11 is 0. The molecule has 1 fully saturated rings. The molecule has 5 heteroatoms. The molecular weight excluding hydrogens is 320 g/mol. The van der Waals surface area contributed by atoms with E-state index in [4.69, 9.17) is 13.9 Å². The van der Waals surface area contributed by atoms with Crippen LogP contribution in [0.2, 0.25) is 0 Å². The number of fused-ring (bicyclic) bond motifs is 1. The number of rotatable bonds is 4. The van der Waals surface area contributed by atoms with Gasteiger partial charge in [0.1, 0.15) is 17.9 Å². The number of benzene rings is 1. The van der Waals surface area contributed by atoms with Crippen molar-refractivity contribution < 1.29 is 19.0 Å². The normalized spacial score (nSPS) is 23.2. The fraction of sp³-hybridized carbons (Fsp3) is 0.450. The van der Waals surface area contributed by atoms with Gasteiger partial charge in [0.25, 0.3) is 0 Å². The Kier molecular flexibility index (Phi) is 4.71. The summed E-state index contributed by atoms with van der Waals surface area (Å²) in [6.07, 6.45) is 1.91. The van der Waals surface area contributed by atoms with Crippen LogP contribution in [-0.4, -0.2) is 29.5 Å². The molecule has 1 saturated heterocycles. The minimum Gasteiger partial charge on any atom is -0.488 e. The van der Waals surface area contributed by atoms with Gasteiger partial charge in [-0.15, -0.1) is 0 Å². The Balaban J connectivity index is 1.76. The van der Waals surface area contributed by atoms with Gasteiger partial charge in [0.15, 0.2) is 0 Å². The van der Waals surface area contributed by atoms with Crippen molar-refractivity contribution in [3.8, 4) is 5.75 Å². The van der Waals surface area contributed by atoms with E-state index in [0.717, 1.165) is 16.5 Å². The van der Waals surface area contributed by atoms with Gasteiger partial charge < -0.3 is 19.0 Å². The lowest BCUT2D eigenvalue weighted by Crippen LogP contribution is -2.31. The van der Waals surface area contributed by atoms with Crippen molar-refractivity contribution in [3.05, 3.63) is 51.9 Å². The lowest BCUT2D eigenvalue weighted by Gasteiger charge is -2.22. The number of hydrogen-bond acceptors (Lipinski definition) is 5. The van der Waals surface area contributed by atoms with E-state index in [9.17, 15) is 9.90 Å². The standard InChI is InChI=1S/C20H24O5/c1-12(15-10-17(21)20(3,4)25-15)8-9-23-16-11-18(22)24-14-7-5-6-13(2)19(14)16/h5-8,11,15,17,21H,9-10H2,1-4H3/b12-8+/t15-,17-/m1/s1. The molecule has 1 aromatic heterocycles. The minimum atomic E-state index is -0.535. The monoisotopic (exact) mass is 344 g/mol. The molecule has 0 radical (unpaired) electrons. The lowest BCUT2D eigenvalue weighted by atomic mass is 9.99. The number of aliphatic hydroxyl groups is 1. The maximum atomic E-state index is 11.7. The van der Waals surface area contributed by atoms with Crippen molar-refractivity contribution >= 4 is 11.0 Å². The van der Waals surface area contributed by atoms with E-state index in [1.165, 1.54) is 6.07 Å². The van der Waals surface area contributed by atoms with Crippen molar-refractivity contribution in [2.75, 3.05) is 6.61 Å². The summed E-state index contributed by atoms with van der Waals surface area (Å²) in [6, 6.07) is 6.93. The molecule has 1 aliphatic rings.